The molecule has 0 saturated heterocycles. The summed E-state index contributed by atoms with van der Waals surface area (Å²) in [5, 5.41) is 3.25. The lowest BCUT2D eigenvalue weighted by Crippen LogP contribution is -2.42. The number of carbonyl (C=O) groups excluding carboxylic acids is 3. The molecule has 0 aliphatic heterocycles. The molecular formula is C27H23Cl2NO4S. The molecule has 3 aromatic rings. The molecule has 0 heterocycles. The average Bonchev–Trinajstić information content (AvgIpc) is 3.22. The van der Waals surface area contributed by atoms with E-state index in [0.29, 0.717) is 22.8 Å². The molecule has 8 heteroatoms. The van der Waals surface area contributed by atoms with Gasteiger partial charge in [0.25, 0.3) is 5.91 Å². The first-order valence-corrected chi connectivity index (χ1v) is 13.2. The normalized spacial score (nSPS) is 12.4. The maximum atomic E-state index is 12.8. The van der Waals surface area contributed by atoms with Crippen molar-refractivity contribution in [1.29, 1.82) is 0 Å². The maximum Gasteiger partial charge on any atom is 0.329 e. The molecule has 0 spiro atoms. The van der Waals surface area contributed by atoms with Gasteiger partial charge in [0.2, 0.25) is 0 Å². The summed E-state index contributed by atoms with van der Waals surface area (Å²) in [5.41, 5.74) is 5.23. The molecule has 3 aromatic carbocycles. The van der Waals surface area contributed by atoms with Gasteiger partial charge in [-0.25, -0.2) is 4.79 Å². The molecular weight excluding hydrogens is 505 g/mol. The van der Waals surface area contributed by atoms with Gasteiger partial charge in [0.1, 0.15) is 6.04 Å². The number of thioether (sulfide) groups is 1. The summed E-state index contributed by atoms with van der Waals surface area (Å²) >= 11 is 13.6. The van der Waals surface area contributed by atoms with Crippen molar-refractivity contribution in [1.82, 2.24) is 5.32 Å². The molecule has 0 saturated carbocycles. The third-order valence-electron chi connectivity index (χ3n) is 5.84. The summed E-state index contributed by atoms with van der Waals surface area (Å²) in [4.78, 5) is 38.3. The topological polar surface area (TPSA) is 72.5 Å². The third kappa shape index (κ3) is 5.89. The summed E-state index contributed by atoms with van der Waals surface area (Å²) in [7, 11) is 0. The molecule has 0 radical (unpaired) electrons. The van der Waals surface area contributed by atoms with Gasteiger partial charge in [0.05, 0.1) is 10.6 Å². The van der Waals surface area contributed by atoms with Gasteiger partial charge in [-0.3, -0.25) is 9.59 Å². The van der Waals surface area contributed by atoms with Crippen molar-refractivity contribution < 1.29 is 19.1 Å². The number of Topliss-reactive ketones (excluding diaryl/α,β-unsaturated/α-hetero) is 1. The van der Waals surface area contributed by atoms with E-state index in [1.165, 1.54) is 35.0 Å². The van der Waals surface area contributed by atoms with Gasteiger partial charge < -0.3 is 10.1 Å². The van der Waals surface area contributed by atoms with Crippen molar-refractivity contribution >= 4 is 52.6 Å². The van der Waals surface area contributed by atoms with Crippen LogP contribution in [0.4, 0.5) is 0 Å². The second-order valence-electron chi connectivity index (χ2n) is 8.17. The number of amides is 1. The minimum Gasteiger partial charge on any atom is -0.456 e. The summed E-state index contributed by atoms with van der Waals surface area (Å²) in [6.45, 7) is -0.410. The van der Waals surface area contributed by atoms with Crippen molar-refractivity contribution in [3.8, 4) is 11.1 Å². The zero-order valence-corrected chi connectivity index (χ0v) is 21.3. The number of halogens is 2. The lowest BCUT2D eigenvalue weighted by atomic mass is 10.0. The zero-order valence-electron chi connectivity index (χ0n) is 19.0. The van der Waals surface area contributed by atoms with Crippen LogP contribution in [0.1, 0.15) is 38.3 Å². The monoisotopic (exact) mass is 527 g/mol. The van der Waals surface area contributed by atoms with Crippen LogP contribution in [-0.4, -0.2) is 42.3 Å². The minimum atomic E-state index is -0.915. The molecule has 1 amide bonds. The van der Waals surface area contributed by atoms with E-state index in [2.05, 4.69) is 11.4 Å². The number of hydrogen-bond acceptors (Lipinski definition) is 5. The van der Waals surface area contributed by atoms with E-state index in [9.17, 15) is 14.4 Å². The van der Waals surface area contributed by atoms with Crippen molar-refractivity contribution in [3.63, 3.8) is 0 Å². The first kappa shape index (κ1) is 25.3. The number of nitrogens with one attached hydrogen (secondary N) is 1. The van der Waals surface area contributed by atoms with Gasteiger partial charge in [-0.1, -0.05) is 59.6 Å². The van der Waals surface area contributed by atoms with Crippen molar-refractivity contribution in [2.75, 3.05) is 18.6 Å². The highest BCUT2D eigenvalue weighted by Gasteiger charge is 2.25. The Kier molecular flexibility index (Phi) is 8.16. The Balaban J connectivity index is 1.41. The number of fused-ring (bicyclic) bond motifs is 3. The van der Waals surface area contributed by atoms with Crippen LogP contribution in [0.25, 0.3) is 11.1 Å². The Morgan fingerprint density at radius 3 is 2.54 bits per heavy atom. The Morgan fingerprint density at radius 2 is 1.77 bits per heavy atom. The molecule has 4 rings (SSSR count). The number of ether oxygens (including phenoxy) is 1. The standard InChI is InChI=1S/C27H23Cl2NO4S/c1-35-11-10-24(30-26(32)21-9-8-19(28)14-23(21)29)27(33)34-15-25(31)18-7-6-17-12-16-4-2-3-5-20(16)22(17)13-18/h2-9,13-14,24H,10-12,15H2,1H3,(H,30,32)/t24-/m0/s1. The van der Waals surface area contributed by atoms with Gasteiger partial charge >= 0.3 is 5.97 Å². The van der Waals surface area contributed by atoms with E-state index in [0.717, 1.165) is 17.5 Å². The van der Waals surface area contributed by atoms with E-state index >= 15 is 0 Å². The van der Waals surface area contributed by atoms with Crippen LogP contribution in [0.15, 0.2) is 60.7 Å². The number of hydrogen-bond donors (Lipinski definition) is 1. The highest BCUT2D eigenvalue weighted by Crippen LogP contribution is 2.36. The molecule has 1 atom stereocenters. The average molecular weight is 528 g/mol. The Bertz CT molecular complexity index is 1290. The summed E-state index contributed by atoms with van der Waals surface area (Å²) in [6.07, 6.45) is 3.08. The highest BCUT2D eigenvalue weighted by atomic mass is 35.5. The van der Waals surface area contributed by atoms with Crippen molar-refractivity contribution in [2.24, 2.45) is 0 Å². The second-order valence-corrected chi connectivity index (χ2v) is 10.00. The van der Waals surface area contributed by atoms with E-state index in [1.54, 1.807) is 12.1 Å². The van der Waals surface area contributed by atoms with E-state index in [1.807, 2.05) is 36.6 Å². The second kappa shape index (κ2) is 11.3. The van der Waals surface area contributed by atoms with E-state index in [4.69, 9.17) is 27.9 Å². The molecule has 0 unspecified atom stereocenters. The molecule has 0 fully saturated rings. The largest absolute Gasteiger partial charge is 0.456 e. The predicted octanol–water partition coefficient (Wildman–Crippen LogP) is 5.84. The van der Waals surface area contributed by atoms with E-state index < -0.39 is 24.5 Å². The highest BCUT2D eigenvalue weighted by molar-refractivity contribution is 7.98. The van der Waals surface area contributed by atoms with Crippen molar-refractivity contribution in [3.05, 3.63) is 93.0 Å². The van der Waals surface area contributed by atoms with Crippen LogP contribution < -0.4 is 5.32 Å². The Hall–Kier alpha value is -2.80. The molecule has 180 valence electrons. The first-order valence-electron chi connectivity index (χ1n) is 11.0. The lowest BCUT2D eigenvalue weighted by Gasteiger charge is -2.18. The van der Waals surface area contributed by atoms with Crippen LogP contribution in [0, 0.1) is 0 Å². The van der Waals surface area contributed by atoms with Crippen LogP contribution in [0.5, 0.6) is 0 Å². The Morgan fingerprint density at radius 1 is 1.00 bits per heavy atom. The van der Waals surface area contributed by atoms with Crippen LogP contribution in [-0.2, 0) is 16.0 Å². The molecule has 1 N–H and O–H groups in total. The molecule has 5 nitrogen and oxygen atoms in total. The minimum absolute atomic E-state index is 0.181. The van der Waals surface area contributed by atoms with Gasteiger partial charge in [0.15, 0.2) is 12.4 Å². The molecule has 35 heavy (non-hydrogen) atoms. The number of rotatable bonds is 9. The fourth-order valence-corrected chi connectivity index (χ4v) is 4.98. The lowest BCUT2D eigenvalue weighted by molar-refractivity contribution is -0.144. The molecule has 1 aliphatic carbocycles. The Labute approximate surface area is 218 Å². The zero-order chi connectivity index (χ0) is 24.9. The number of carbonyl (C=O) groups is 3. The van der Waals surface area contributed by atoms with Crippen molar-refractivity contribution in [2.45, 2.75) is 18.9 Å². The van der Waals surface area contributed by atoms with Gasteiger partial charge in [-0.2, -0.15) is 11.8 Å². The van der Waals surface area contributed by atoms with Gasteiger partial charge in [0, 0.05) is 10.6 Å². The maximum absolute atomic E-state index is 12.8. The smallest absolute Gasteiger partial charge is 0.329 e. The molecule has 0 aromatic heterocycles. The summed E-state index contributed by atoms with van der Waals surface area (Å²) in [6, 6.07) is 17.2. The fourth-order valence-electron chi connectivity index (χ4n) is 4.01. The third-order valence-corrected chi connectivity index (χ3v) is 7.03. The van der Waals surface area contributed by atoms with Crippen LogP contribution >= 0.6 is 35.0 Å². The van der Waals surface area contributed by atoms with Crippen LogP contribution in [0.3, 0.4) is 0 Å². The van der Waals surface area contributed by atoms with E-state index in [-0.39, 0.29) is 16.4 Å². The predicted molar refractivity (Wildman–Crippen MR) is 141 cm³/mol. The van der Waals surface area contributed by atoms with Gasteiger partial charge in [-0.15, -0.1) is 0 Å². The van der Waals surface area contributed by atoms with Crippen LogP contribution in [0.2, 0.25) is 10.0 Å². The summed E-state index contributed by atoms with van der Waals surface area (Å²) in [5.74, 6) is -0.871. The number of benzene rings is 3. The molecule has 0 bridgehead atoms. The first-order chi connectivity index (χ1) is 16.9. The number of ketones is 1. The van der Waals surface area contributed by atoms with Gasteiger partial charge in [-0.05, 0) is 71.4 Å². The quantitative estimate of drug-likeness (QED) is 0.218. The molecule has 1 aliphatic rings. The number of esters is 1. The summed E-state index contributed by atoms with van der Waals surface area (Å²) < 4.78 is 5.33. The fraction of sp³-hybridized carbons (Fsp3) is 0.222. The SMILES string of the molecule is CSCC[C@H](NC(=O)c1ccc(Cl)cc1Cl)C(=O)OCC(=O)c1ccc2c(c1)-c1ccccc1C2.